The van der Waals surface area contributed by atoms with Crippen molar-refractivity contribution in [1.29, 1.82) is 0 Å². The molecule has 72 valence electrons. The Morgan fingerprint density at radius 1 is 1.54 bits per heavy atom. The van der Waals surface area contributed by atoms with Crippen LogP contribution in [0.3, 0.4) is 0 Å². The third-order valence-corrected chi connectivity index (χ3v) is 1.63. The molecule has 0 saturated heterocycles. The summed E-state index contributed by atoms with van der Waals surface area (Å²) in [6.07, 6.45) is -2.79. The summed E-state index contributed by atoms with van der Waals surface area (Å²) in [5.74, 6) is -1.03. The molecule has 0 radical (unpaired) electrons. The van der Waals surface area contributed by atoms with Crippen LogP contribution in [0.2, 0.25) is 0 Å². The molecule has 0 aliphatic rings. The van der Waals surface area contributed by atoms with Gasteiger partial charge in [-0.15, -0.1) is 0 Å². The second-order valence-corrected chi connectivity index (χ2v) is 2.58. The van der Waals surface area contributed by atoms with Gasteiger partial charge in [-0.2, -0.15) is 4.39 Å². The molecule has 0 fully saturated rings. The predicted octanol–water partition coefficient (Wildman–Crippen LogP) is 1.96. The SMILES string of the molecule is Cc1cc(C(F)F)c(CO)c(F)n1. The first-order chi connectivity index (χ1) is 6.06. The van der Waals surface area contributed by atoms with E-state index in [0.29, 0.717) is 0 Å². The summed E-state index contributed by atoms with van der Waals surface area (Å²) in [6.45, 7) is 0.648. The van der Waals surface area contributed by atoms with Crippen LogP contribution in [0, 0.1) is 12.9 Å². The monoisotopic (exact) mass is 191 g/mol. The van der Waals surface area contributed by atoms with E-state index in [0.717, 1.165) is 6.07 Å². The van der Waals surface area contributed by atoms with Crippen molar-refractivity contribution in [2.45, 2.75) is 20.0 Å². The lowest BCUT2D eigenvalue weighted by Gasteiger charge is -2.07. The zero-order chi connectivity index (χ0) is 10.0. The maximum absolute atomic E-state index is 12.9. The highest BCUT2D eigenvalue weighted by molar-refractivity contribution is 5.27. The summed E-state index contributed by atoms with van der Waals surface area (Å²) in [5.41, 5.74) is -0.752. The highest BCUT2D eigenvalue weighted by Crippen LogP contribution is 2.24. The molecule has 0 aliphatic heterocycles. The molecule has 1 heterocycles. The summed E-state index contributed by atoms with van der Waals surface area (Å²) >= 11 is 0. The van der Waals surface area contributed by atoms with E-state index in [2.05, 4.69) is 4.98 Å². The van der Waals surface area contributed by atoms with Crippen molar-refractivity contribution in [3.63, 3.8) is 0 Å². The summed E-state index contributed by atoms with van der Waals surface area (Å²) in [7, 11) is 0. The molecule has 0 aliphatic carbocycles. The first kappa shape index (κ1) is 9.98. The van der Waals surface area contributed by atoms with Gasteiger partial charge in [-0.25, -0.2) is 13.8 Å². The van der Waals surface area contributed by atoms with Crippen molar-refractivity contribution in [3.8, 4) is 0 Å². The minimum atomic E-state index is -2.79. The zero-order valence-electron chi connectivity index (χ0n) is 6.89. The maximum atomic E-state index is 12.9. The Balaban J connectivity index is 3.29. The van der Waals surface area contributed by atoms with Gasteiger partial charge < -0.3 is 5.11 Å². The van der Waals surface area contributed by atoms with E-state index in [1.165, 1.54) is 6.92 Å². The topological polar surface area (TPSA) is 33.1 Å². The fourth-order valence-electron chi connectivity index (χ4n) is 1.04. The number of alkyl halides is 2. The molecular weight excluding hydrogens is 183 g/mol. The molecule has 1 aromatic heterocycles. The van der Waals surface area contributed by atoms with Gasteiger partial charge in [-0.3, -0.25) is 0 Å². The van der Waals surface area contributed by atoms with Gasteiger partial charge in [0, 0.05) is 16.8 Å². The fraction of sp³-hybridized carbons (Fsp3) is 0.375. The molecule has 0 bridgehead atoms. The Kier molecular flexibility index (Phi) is 2.87. The largest absolute Gasteiger partial charge is 0.391 e. The van der Waals surface area contributed by atoms with E-state index < -0.39 is 30.1 Å². The number of aliphatic hydroxyl groups is 1. The van der Waals surface area contributed by atoms with Crippen LogP contribution in [0.4, 0.5) is 13.2 Å². The van der Waals surface area contributed by atoms with Gasteiger partial charge in [0.1, 0.15) is 0 Å². The van der Waals surface area contributed by atoms with Crippen LogP contribution in [-0.4, -0.2) is 10.1 Å². The smallest absolute Gasteiger partial charge is 0.264 e. The lowest BCUT2D eigenvalue weighted by molar-refractivity contribution is 0.145. The molecule has 1 rings (SSSR count). The molecule has 0 saturated carbocycles. The van der Waals surface area contributed by atoms with Crippen LogP contribution in [-0.2, 0) is 6.61 Å². The summed E-state index contributed by atoms with van der Waals surface area (Å²) in [5, 5.41) is 8.63. The Labute approximate surface area is 73.0 Å². The molecule has 13 heavy (non-hydrogen) atoms. The Hall–Kier alpha value is -1.10. The number of pyridine rings is 1. The first-order valence-electron chi connectivity index (χ1n) is 3.61. The lowest BCUT2D eigenvalue weighted by Crippen LogP contribution is -2.03. The predicted molar refractivity (Wildman–Crippen MR) is 39.8 cm³/mol. The van der Waals surface area contributed by atoms with E-state index >= 15 is 0 Å². The number of aliphatic hydroxyl groups excluding tert-OH is 1. The Bertz CT molecular complexity index is 315. The number of aryl methyl sites for hydroxylation is 1. The van der Waals surface area contributed by atoms with E-state index in [1.807, 2.05) is 0 Å². The number of halogens is 3. The first-order valence-corrected chi connectivity index (χ1v) is 3.61. The van der Waals surface area contributed by atoms with Crippen molar-refractivity contribution in [3.05, 3.63) is 28.8 Å². The van der Waals surface area contributed by atoms with E-state index in [-0.39, 0.29) is 5.69 Å². The van der Waals surface area contributed by atoms with Gasteiger partial charge in [-0.05, 0) is 13.0 Å². The molecule has 1 N–H and O–H groups in total. The van der Waals surface area contributed by atoms with E-state index in [4.69, 9.17) is 5.11 Å². The van der Waals surface area contributed by atoms with Crippen LogP contribution < -0.4 is 0 Å². The minimum Gasteiger partial charge on any atom is -0.391 e. The average Bonchev–Trinajstić information content (AvgIpc) is 2.02. The molecule has 0 unspecified atom stereocenters. The van der Waals surface area contributed by atoms with Crippen molar-refractivity contribution >= 4 is 0 Å². The van der Waals surface area contributed by atoms with Crippen LogP contribution in [0.1, 0.15) is 23.2 Å². The van der Waals surface area contributed by atoms with Crippen LogP contribution in [0.5, 0.6) is 0 Å². The molecular formula is C8H8F3NO. The Morgan fingerprint density at radius 3 is 2.62 bits per heavy atom. The third kappa shape index (κ3) is 1.98. The molecule has 2 nitrogen and oxygen atoms in total. The standard InChI is InChI=1S/C8H8F3NO/c1-4-2-5(7(9)10)6(3-13)8(11)12-4/h2,7,13H,3H2,1H3. The highest BCUT2D eigenvalue weighted by Gasteiger charge is 2.17. The van der Waals surface area contributed by atoms with Gasteiger partial charge >= 0.3 is 0 Å². The summed E-state index contributed by atoms with van der Waals surface area (Å²) < 4.78 is 37.4. The molecule has 0 amide bonds. The van der Waals surface area contributed by atoms with Crippen molar-refractivity contribution in [2.75, 3.05) is 0 Å². The van der Waals surface area contributed by atoms with Gasteiger partial charge in [-0.1, -0.05) is 0 Å². The summed E-state index contributed by atoms with van der Waals surface area (Å²) in [6, 6.07) is 1.07. The molecule has 0 spiro atoms. The van der Waals surface area contributed by atoms with Gasteiger partial charge in [0.05, 0.1) is 6.61 Å². The summed E-state index contributed by atoms with van der Waals surface area (Å²) in [4.78, 5) is 3.33. The molecule has 0 aromatic carbocycles. The lowest BCUT2D eigenvalue weighted by atomic mass is 10.1. The Morgan fingerprint density at radius 2 is 2.15 bits per heavy atom. The van der Waals surface area contributed by atoms with E-state index in [1.54, 1.807) is 0 Å². The van der Waals surface area contributed by atoms with E-state index in [9.17, 15) is 13.2 Å². The average molecular weight is 191 g/mol. The minimum absolute atomic E-state index is 0.171. The fourth-order valence-corrected chi connectivity index (χ4v) is 1.04. The number of aromatic nitrogens is 1. The maximum Gasteiger partial charge on any atom is 0.264 e. The third-order valence-electron chi connectivity index (χ3n) is 1.63. The number of nitrogens with zero attached hydrogens (tertiary/aromatic N) is 1. The van der Waals surface area contributed by atoms with Crippen LogP contribution in [0.25, 0.3) is 0 Å². The highest BCUT2D eigenvalue weighted by atomic mass is 19.3. The molecule has 1 aromatic rings. The number of rotatable bonds is 2. The second kappa shape index (κ2) is 3.74. The van der Waals surface area contributed by atoms with Crippen molar-refractivity contribution in [2.24, 2.45) is 0 Å². The van der Waals surface area contributed by atoms with Crippen LogP contribution in [0.15, 0.2) is 6.07 Å². The molecule has 0 atom stereocenters. The van der Waals surface area contributed by atoms with Gasteiger partial charge in [0.15, 0.2) is 0 Å². The van der Waals surface area contributed by atoms with Crippen molar-refractivity contribution in [1.82, 2.24) is 4.98 Å². The number of hydrogen-bond acceptors (Lipinski definition) is 2. The second-order valence-electron chi connectivity index (χ2n) is 2.58. The number of hydrogen-bond donors (Lipinski definition) is 1. The quantitative estimate of drug-likeness (QED) is 0.725. The zero-order valence-corrected chi connectivity index (χ0v) is 6.89. The van der Waals surface area contributed by atoms with Gasteiger partial charge in [0.25, 0.3) is 6.43 Å². The van der Waals surface area contributed by atoms with Gasteiger partial charge in [0.2, 0.25) is 5.95 Å². The molecule has 5 heteroatoms. The normalized spacial score (nSPS) is 10.9. The van der Waals surface area contributed by atoms with Crippen LogP contribution >= 0.6 is 0 Å². The van der Waals surface area contributed by atoms with Crippen molar-refractivity contribution < 1.29 is 18.3 Å².